The average molecular weight is 574 g/mol. The molecule has 206 valence electrons. The quantitative estimate of drug-likeness (QED) is 0.269. The van der Waals surface area contributed by atoms with Crippen molar-refractivity contribution < 1.29 is 13.2 Å². The lowest BCUT2D eigenvalue weighted by Gasteiger charge is -2.26. The summed E-state index contributed by atoms with van der Waals surface area (Å²) in [5.74, 6) is -0.247. The van der Waals surface area contributed by atoms with Crippen LogP contribution in [-0.4, -0.2) is 52.7 Å². The standard InChI is InChI=1S/C30H31N5O3S2/c1-21-9-13-23(14-10-21)28-29(24-15-11-22(2)12-16-24)33-34-30(32-28)39-20-27(36)31-25-7-6-8-26(19-25)40(37,38)35-17-4-3-5-18-35/h6-16,19H,3-5,17-18,20H2,1-2H3,(H,31,36). The summed E-state index contributed by atoms with van der Waals surface area (Å²) in [6, 6.07) is 22.5. The van der Waals surface area contributed by atoms with Crippen LogP contribution in [0.5, 0.6) is 0 Å². The Morgan fingerprint density at radius 3 is 2.12 bits per heavy atom. The maximum atomic E-state index is 13.0. The van der Waals surface area contributed by atoms with Crippen molar-refractivity contribution in [2.24, 2.45) is 0 Å². The minimum atomic E-state index is -3.59. The van der Waals surface area contributed by atoms with Crippen molar-refractivity contribution in [1.82, 2.24) is 19.5 Å². The van der Waals surface area contributed by atoms with Gasteiger partial charge in [-0.2, -0.15) is 4.31 Å². The van der Waals surface area contributed by atoms with Crippen molar-refractivity contribution in [3.63, 3.8) is 0 Å². The first-order valence-electron chi connectivity index (χ1n) is 13.2. The molecule has 1 amide bonds. The Bertz CT molecular complexity index is 1600. The number of hydrogen-bond donors (Lipinski definition) is 1. The highest BCUT2D eigenvalue weighted by atomic mass is 32.2. The number of amides is 1. The van der Waals surface area contributed by atoms with Gasteiger partial charge in [-0.15, -0.1) is 10.2 Å². The molecule has 4 aromatic rings. The van der Waals surface area contributed by atoms with Crippen molar-refractivity contribution in [3.05, 3.63) is 83.9 Å². The summed E-state index contributed by atoms with van der Waals surface area (Å²) >= 11 is 1.18. The van der Waals surface area contributed by atoms with E-state index in [1.165, 1.54) is 22.1 Å². The van der Waals surface area contributed by atoms with Gasteiger partial charge in [0.25, 0.3) is 0 Å². The molecular formula is C30H31N5O3S2. The summed E-state index contributed by atoms with van der Waals surface area (Å²) in [6.45, 7) is 5.11. The summed E-state index contributed by atoms with van der Waals surface area (Å²) in [6.07, 6.45) is 2.77. The zero-order chi connectivity index (χ0) is 28.1. The number of anilines is 1. The number of aromatic nitrogens is 3. The molecule has 1 fully saturated rings. The minimum Gasteiger partial charge on any atom is -0.325 e. The maximum Gasteiger partial charge on any atom is 0.243 e. The predicted octanol–water partition coefficient (Wildman–Crippen LogP) is 5.73. The Morgan fingerprint density at radius 1 is 0.850 bits per heavy atom. The van der Waals surface area contributed by atoms with E-state index in [-0.39, 0.29) is 16.6 Å². The number of sulfonamides is 1. The third-order valence-electron chi connectivity index (χ3n) is 6.72. The van der Waals surface area contributed by atoms with Crippen LogP contribution in [0.4, 0.5) is 5.69 Å². The number of rotatable bonds is 8. The number of hydrogen-bond acceptors (Lipinski definition) is 7. The summed E-state index contributed by atoms with van der Waals surface area (Å²) in [5.41, 5.74) is 5.90. The summed E-state index contributed by atoms with van der Waals surface area (Å²) in [5, 5.41) is 12.0. The molecule has 0 saturated carbocycles. The number of aryl methyl sites for hydroxylation is 2. The summed E-state index contributed by atoms with van der Waals surface area (Å²) < 4.78 is 27.6. The van der Waals surface area contributed by atoms with Gasteiger partial charge in [0.05, 0.1) is 10.6 Å². The van der Waals surface area contributed by atoms with E-state index >= 15 is 0 Å². The molecule has 1 saturated heterocycles. The third-order valence-corrected chi connectivity index (χ3v) is 9.45. The second kappa shape index (κ2) is 12.3. The summed E-state index contributed by atoms with van der Waals surface area (Å²) in [4.78, 5) is 17.7. The van der Waals surface area contributed by atoms with Gasteiger partial charge in [-0.1, -0.05) is 83.9 Å². The van der Waals surface area contributed by atoms with Gasteiger partial charge in [-0.25, -0.2) is 13.4 Å². The lowest BCUT2D eigenvalue weighted by Crippen LogP contribution is -2.35. The highest BCUT2D eigenvalue weighted by Crippen LogP contribution is 2.30. The first-order chi connectivity index (χ1) is 19.3. The van der Waals surface area contributed by atoms with E-state index < -0.39 is 10.0 Å². The second-order valence-electron chi connectivity index (χ2n) is 9.85. The van der Waals surface area contributed by atoms with Gasteiger partial charge in [0, 0.05) is 29.9 Å². The van der Waals surface area contributed by atoms with Crippen LogP contribution < -0.4 is 5.32 Å². The van der Waals surface area contributed by atoms with Gasteiger partial charge < -0.3 is 5.32 Å². The van der Waals surface area contributed by atoms with Crippen LogP contribution in [0.2, 0.25) is 0 Å². The zero-order valence-electron chi connectivity index (χ0n) is 22.5. The van der Waals surface area contributed by atoms with Crippen LogP contribution in [0.3, 0.4) is 0 Å². The Labute approximate surface area is 239 Å². The lowest BCUT2D eigenvalue weighted by atomic mass is 10.0. The van der Waals surface area contributed by atoms with E-state index in [4.69, 9.17) is 4.98 Å². The van der Waals surface area contributed by atoms with Crippen LogP contribution in [0.25, 0.3) is 22.5 Å². The highest BCUT2D eigenvalue weighted by Gasteiger charge is 2.26. The van der Waals surface area contributed by atoms with E-state index in [1.54, 1.807) is 18.2 Å². The van der Waals surface area contributed by atoms with E-state index in [9.17, 15) is 13.2 Å². The maximum absolute atomic E-state index is 13.0. The fourth-order valence-corrected chi connectivity index (χ4v) is 6.66. The number of nitrogens with one attached hydrogen (secondary N) is 1. The molecule has 1 N–H and O–H groups in total. The molecule has 5 rings (SSSR count). The van der Waals surface area contributed by atoms with Gasteiger partial charge in [-0.05, 0) is 44.9 Å². The molecule has 0 bridgehead atoms. The van der Waals surface area contributed by atoms with E-state index in [0.29, 0.717) is 35.3 Å². The highest BCUT2D eigenvalue weighted by molar-refractivity contribution is 7.99. The molecule has 3 aromatic carbocycles. The third kappa shape index (κ3) is 6.57. The predicted molar refractivity (Wildman–Crippen MR) is 159 cm³/mol. The Morgan fingerprint density at radius 2 is 1.48 bits per heavy atom. The van der Waals surface area contributed by atoms with Gasteiger partial charge in [0.2, 0.25) is 21.1 Å². The van der Waals surface area contributed by atoms with Crippen LogP contribution in [0.15, 0.2) is 82.8 Å². The molecule has 0 aliphatic carbocycles. The smallest absolute Gasteiger partial charge is 0.243 e. The Hall–Kier alpha value is -3.60. The molecule has 1 aromatic heterocycles. The van der Waals surface area contributed by atoms with Gasteiger partial charge in [0.15, 0.2) is 0 Å². The van der Waals surface area contributed by atoms with Crippen LogP contribution in [0.1, 0.15) is 30.4 Å². The number of piperidine rings is 1. The monoisotopic (exact) mass is 573 g/mol. The molecule has 40 heavy (non-hydrogen) atoms. The first-order valence-corrected chi connectivity index (χ1v) is 15.6. The molecule has 10 heteroatoms. The molecule has 0 spiro atoms. The van der Waals surface area contributed by atoms with Gasteiger partial charge >= 0.3 is 0 Å². The van der Waals surface area contributed by atoms with Crippen molar-refractivity contribution in [3.8, 4) is 22.5 Å². The largest absolute Gasteiger partial charge is 0.325 e. The van der Waals surface area contributed by atoms with E-state index in [1.807, 2.05) is 62.4 Å². The normalized spacial score (nSPS) is 14.2. The summed E-state index contributed by atoms with van der Waals surface area (Å²) in [7, 11) is -3.59. The number of carbonyl (C=O) groups is 1. The topological polar surface area (TPSA) is 105 Å². The molecule has 1 aliphatic heterocycles. The number of carbonyl (C=O) groups excluding carboxylic acids is 1. The van der Waals surface area contributed by atoms with E-state index in [2.05, 4.69) is 15.5 Å². The zero-order valence-corrected chi connectivity index (χ0v) is 24.1. The molecule has 0 unspecified atom stereocenters. The number of nitrogens with zero attached hydrogens (tertiary/aromatic N) is 4. The molecule has 8 nitrogen and oxygen atoms in total. The van der Waals surface area contributed by atoms with Crippen molar-refractivity contribution >= 4 is 33.4 Å². The Kier molecular flexibility index (Phi) is 8.58. The van der Waals surface area contributed by atoms with Gasteiger partial charge in [0.1, 0.15) is 11.4 Å². The van der Waals surface area contributed by atoms with E-state index in [0.717, 1.165) is 41.5 Å². The van der Waals surface area contributed by atoms with Gasteiger partial charge in [-0.3, -0.25) is 4.79 Å². The Balaban J connectivity index is 1.31. The molecule has 0 radical (unpaired) electrons. The lowest BCUT2D eigenvalue weighted by molar-refractivity contribution is -0.113. The number of benzene rings is 3. The molecular weight excluding hydrogens is 542 g/mol. The SMILES string of the molecule is Cc1ccc(-c2nnc(SCC(=O)Nc3cccc(S(=O)(=O)N4CCCCC4)c3)nc2-c2ccc(C)cc2)cc1. The average Bonchev–Trinajstić information content (AvgIpc) is 2.97. The van der Waals surface area contributed by atoms with Crippen LogP contribution in [-0.2, 0) is 14.8 Å². The second-order valence-corrected chi connectivity index (χ2v) is 12.7. The fraction of sp³-hybridized carbons (Fsp3) is 0.267. The van der Waals surface area contributed by atoms with Crippen LogP contribution >= 0.6 is 11.8 Å². The van der Waals surface area contributed by atoms with Crippen molar-refractivity contribution in [2.75, 3.05) is 24.2 Å². The fourth-order valence-electron chi connectivity index (χ4n) is 4.51. The van der Waals surface area contributed by atoms with Crippen molar-refractivity contribution in [2.45, 2.75) is 43.2 Å². The molecule has 2 heterocycles. The minimum absolute atomic E-state index is 0.0436. The molecule has 1 aliphatic rings. The number of thioether (sulfide) groups is 1. The first kappa shape index (κ1) is 27.9. The van der Waals surface area contributed by atoms with Crippen molar-refractivity contribution in [1.29, 1.82) is 0 Å². The van der Waals surface area contributed by atoms with Crippen LogP contribution in [0, 0.1) is 13.8 Å². The molecule has 0 atom stereocenters.